The Labute approximate surface area is 142 Å². The number of carbonyl (C=O) groups excluding carboxylic acids is 1. The normalized spacial score (nSPS) is 15.9. The monoisotopic (exact) mass is 328 g/mol. The second-order valence-corrected chi connectivity index (χ2v) is 6.64. The van der Waals surface area contributed by atoms with Crippen LogP contribution in [0.5, 0.6) is 0 Å². The van der Waals surface area contributed by atoms with Crippen molar-refractivity contribution in [2.75, 3.05) is 26.2 Å². The average Bonchev–Trinajstić information content (AvgIpc) is 3.03. The maximum absolute atomic E-state index is 12.0. The van der Waals surface area contributed by atoms with Gasteiger partial charge in [0.25, 0.3) is 5.89 Å². The number of aromatic nitrogens is 2. The molecule has 0 atom stereocenters. The van der Waals surface area contributed by atoms with Crippen LogP contribution in [0, 0.1) is 12.8 Å². The number of hydrogen-bond donors (Lipinski definition) is 0. The molecule has 128 valence electrons. The summed E-state index contributed by atoms with van der Waals surface area (Å²) in [4.78, 5) is 20.7. The summed E-state index contributed by atoms with van der Waals surface area (Å²) in [6, 6.07) is 8.03. The van der Waals surface area contributed by atoms with Crippen LogP contribution in [-0.4, -0.2) is 52.0 Å². The summed E-state index contributed by atoms with van der Waals surface area (Å²) in [5, 5.41) is 4.09. The first-order chi connectivity index (χ1) is 11.5. The van der Waals surface area contributed by atoms with Crippen molar-refractivity contribution in [1.29, 1.82) is 0 Å². The van der Waals surface area contributed by atoms with Crippen LogP contribution >= 0.6 is 0 Å². The molecule has 6 nitrogen and oxygen atoms in total. The molecule has 0 unspecified atom stereocenters. The van der Waals surface area contributed by atoms with Crippen molar-refractivity contribution in [2.24, 2.45) is 5.92 Å². The van der Waals surface area contributed by atoms with E-state index in [0.29, 0.717) is 18.3 Å². The molecule has 1 saturated heterocycles. The van der Waals surface area contributed by atoms with Gasteiger partial charge in [0.2, 0.25) is 5.91 Å². The largest absolute Gasteiger partial charge is 0.340 e. The van der Waals surface area contributed by atoms with Crippen LogP contribution in [0.3, 0.4) is 0 Å². The van der Waals surface area contributed by atoms with Crippen molar-refractivity contribution in [3.05, 3.63) is 35.7 Å². The molecule has 0 aliphatic carbocycles. The number of piperazine rings is 1. The van der Waals surface area contributed by atoms with Crippen molar-refractivity contribution in [3.63, 3.8) is 0 Å². The minimum atomic E-state index is 0.0608. The molecule has 3 rings (SSSR count). The first-order valence-electron chi connectivity index (χ1n) is 8.43. The zero-order chi connectivity index (χ0) is 17.1. The molecule has 1 aromatic carbocycles. The summed E-state index contributed by atoms with van der Waals surface area (Å²) in [5.41, 5.74) is 2.11. The molecule has 2 heterocycles. The van der Waals surface area contributed by atoms with Gasteiger partial charge in [0.05, 0.1) is 6.54 Å². The van der Waals surface area contributed by atoms with Gasteiger partial charge in [0, 0.05) is 37.7 Å². The molecule has 1 aromatic heterocycles. The van der Waals surface area contributed by atoms with Crippen molar-refractivity contribution < 1.29 is 9.32 Å². The van der Waals surface area contributed by atoms with Crippen molar-refractivity contribution >= 4 is 5.91 Å². The summed E-state index contributed by atoms with van der Waals surface area (Å²) in [5.74, 6) is 1.54. The highest BCUT2D eigenvalue weighted by Crippen LogP contribution is 2.19. The Morgan fingerprint density at radius 3 is 2.67 bits per heavy atom. The van der Waals surface area contributed by atoms with Gasteiger partial charge in [-0.05, 0) is 19.1 Å². The quantitative estimate of drug-likeness (QED) is 0.862. The number of amides is 1. The maximum Gasteiger partial charge on any atom is 0.257 e. The SMILES string of the molecule is Cc1cccc(-c2nc(CN3CCN(C(=O)C(C)C)CC3)no2)c1. The lowest BCUT2D eigenvalue weighted by Crippen LogP contribution is -2.49. The zero-order valence-electron chi connectivity index (χ0n) is 14.5. The molecule has 1 fully saturated rings. The smallest absolute Gasteiger partial charge is 0.257 e. The Kier molecular flexibility index (Phi) is 4.94. The molecule has 24 heavy (non-hydrogen) atoms. The second kappa shape index (κ2) is 7.13. The topological polar surface area (TPSA) is 62.5 Å². The van der Waals surface area contributed by atoms with Crippen LogP contribution in [0.1, 0.15) is 25.2 Å². The molecule has 1 aliphatic heterocycles. The van der Waals surface area contributed by atoms with Crippen LogP contribution in [0.4, 0.5) is 0 Å². The van der Waals surface area contributed by atoms with Crippen LogP contribution in [0.2, 0.25) is 0 Å². The number of aryl methyl sites for hydroxylation is 1. The van der Waals surface area contributed by atoms with Gasteiger partial charge in [-0.1, -0.05) is 36.7 Å². The Bertz CT molecular complexity index is 703. The predicted octanol–water partition coefficient (Wildman–Crippen LogP) is 2.35. The van der Waals surface area contributed by atoms with E-state index in [1.54, 1.807) is 0 Å². The fourth-order valence-corrected chi connectivity index (χ4v) is 2.91. The highest BCUT2D eigenvalue weighted by molar-refractivity contribution is 5.78. The second-order valence-electron chi connectivity index (χ2n) is 6.64. The highest BCUT2D eigenvalue weighted by atomic mass is 16.5. The van der Waals surface area contributed by atoms with Crippen molar-refractivity contribution in [3.8, 4) is 11.5 Å². The van der Waals surface area contributed by atoms with E-state index >= 15 is 0 Å². The predicted molar refractivity (Wildman–Crippen MR) is 91.2 cm³/mol. The lowest BCUT2D eigenvalue weighted by Gasteiger charge is -2.34. The van der Waals surface area contributed by atoms with Gasteiger partial charge in [-0.15, -0.1) is 0 Å². The lowest BCUT2D eigenvalue weighted by atomic mass is 10.1. The Morgan fingerprint density at radius 1 is 1.25 bits per heavy atom. The summed E-state index contributed by atoms with van der Waals surface area (Å²) < 4.78 is 5.39. The Morgan fingerprint density at radius 2 is 2.00 bits per heavy atom. The average molecular weight is 328 g/mol. The molecule has 0 spiro atoms. The summed E-state index contributed by atoms with van der Waals surface area (Å²) in [6.45, 7) is 9.79. The van der Waals surface area contributed by atoms with E-state index in [1.807, 2.05) is 49.9 Å². The van der Waals surface area contributed by atoms with E-state index in [0.717, 1.165) is 37.3 Å². The maximum atomic E-state index is 12.0. The zero-order valence-corrected chi connectivity index (χ0v) is 14.5. The van der Waals surface area contributed by atoms with E-state index in [2.05, 4.69) is 15.0 Å². The Hall–Kier alpha value is -2.21. The van der Waals surface area contributed by atoms with Crippen LogP contribution in [-0.2, 0) is 11.3 Å². The third-order valence-electron chi connectivity index (χ3n) is 4.28. The third-order valence-corrected chi connectivity index (χ3v) is 4.28. The summed E-state index contributed by atoms with van der Waals surface area (Å²) in [7, 11) is 0. The molecule has 0 radical (unpaired) electrons. The first kappa shape index (κ1) is 16.6. The van der Waals surface area contributed by atoms with Gasteiger partial charge in [-0.3, -0.25) is 9.69 Å². The summed E-state index contributed by atoms with van der Waals surface area (Å²) >= 11 is 0. The van der Waals surface area contributed by atoms with E-state index in [4.69, 9.17) is 4.52 Å². The van der Waals surface area contributed by atoms with Gasteiger partial charge in [-0.2, -0.15) is 4.98 Å². The van der Waals surface area contributed by atoms with Gasteiger partial charge >= 0.3 is 0 Å². The molecule has 2 aromatic rings. The van der Waals surface area contributed by atoms with Crippen molar-refractivity contribution in [2.45, 2.75) is 27.3 Å². The standard InChI is InChI=1S/C18H24N4O2/c1-13(2)18(23)22-9-7-21(8-10-22)12-16-19-17(24-20-16)15-6-4-5-14(3)11-15/h4-6,11,13H,7-10,12H2,1-3H3. The lowest BCUT2D eigenvalue weighted by molar-refractivity contribution is -0.136. The van der Waals surface area contributed by atoms with E-state index in [1.165, 1.54) is 0 Å². The number of hydrogen-bond acceptors (Lipinski definition) is 5. The van der Waals surface area contributed by atoms with Gasteiger partial charge in [0.1, 0.15) is 0 Å². The molecule has 1 amide bonds. The van der Waals surface area contributed by atoms with E-state index < -0.39 is 0 Å². The van der Waals surface area contributed by atoms with Gasteiger partial charge in [-0.25, -0.2) is 0 Å². The number of benzene rings is 1. The molecule has 0 bridgehead atoms. The molecule has 6 heteroatoms. The van der Waals surface area contributed by atoms with Crippen LogP contribution in [0.25, 0.3) is 11.5 Å². The fourth-order valence-electron chi connectivity index (χ4n) is 2.91. The molecular weight excluding hydrogens is 304 g/mol. The van der Waals surface area contributed by atoms with Crippen LogP contribution in [0.15, 0.2) is 28.8 Å². The number of nitrogens with zero attached hydrogens (tertiary/aromatic N) is 4. The minimum Gasteiger partial charge on any atom is -0.340 e. The van der Waals surface area contributed by atoms with Crippen molar-refractivity contribution in [1.82, 2.24) is 19.9 Å². The fraction of sp³-hybridized carbons (Fsp3) is 0.500. The molecule has 0 N–H and O–H groups in total. The van der Waals surface area contributed by atoms with E-state index in [-0.39, 0.29) is 11.8 Å². The highest BCUT2D eigenvalue weighted by Gasteiger charge is 2.23. The number of rotatable bonds is 4. The van der Waals surface area contributed by atoms with Gasteiger partial charge < -0.3 is 9.42 Å². The minimum absolute atomic E-state index is 0.0608. The van der Waals surface area contributed by atoms with Crippen LogP contribution < -0.4 is 0 Å². The first-order valence-corrected chi connectivity index (χ1v) is 8.43. The summed E-state index contributed by atoms with van der Waals surface area (Å²) in [6.07, 6.45) is 0. The van der Waals surface area contributed by atoms with Gasteiger partial charge in [0.15, 0.2) is 5.82 Å². The van der Waals surface area contributed by atoms with E-state index in [9.17, 15) is 4.79 Å². The molecule has 0 saturated carbocycles. The molecular formula is C18H24N4O2. The molecule has 1 aliphatic rings. The Balaban J connectivity index is 1.57. The number of carbonyl (C=O) groups is 1. The third kappa shape index (κ3) is 3.82.